The number of benzene rings is 1. The average molecular weight is 288 g/mol. The second-order valence-corrected chi connectivity index (χ2v) is 5.29. The summed E-state index contributed by atoms with van der Waals surface area (Å²) in [5, 5.41) is 3.47. The molecule has 21 heavy (non-hydrogen) atoms. The number of para-hydroxylation sites is 1. The van der Waals surface area contributed by atoms with Crippen molar-refractivity contribution in [2.75, 3.05) is 7.11 Å². The number of aromatic nitrogens is 1. The van der Waals surface area contributed by atoms with Crippen LogP contribution in [-0.2, 0) is 6.42 Å². The molecule has 1 N–H and O–H groups in total. The highest BCUT2D eigenvalue weighted by Gasteiger charge is 2.16. The van der Waals surface area contributed by atoms with E-state index in [0.717, 1.165) is 23.4 Å². The Balaban J connectivity index is 2.26. The zero-order valence-electron chi connectivity index (χ0n) is 12.6. The number of hydrogen-bond acceptors (Lipinski definition) is 3. The topological polar surface area (TPSA) is 34.1 Å². The van der Waals surface area contributed by atoms with E-state index in [9.17, 15) is 4.39 Å². The van der Waals surface area contributed by atoms with Crippen LogP contribution in [0.3, 0.4) is 0 Å². The van der Waals surface area contributed by atoms with E-state index in [4.69, 9.17) is 4.74 Å². The highest BCUT2D eigenvalue weighted by molar-refractivity contribution is 5.34. The Kier molecular flexibility index (Phi) is 5.28. The van der Waals surface area contributed by atoms with E-state index >= 15 is 0 Å². The molecule has 1 unspecified atom stereocenters. The number of halogens is 1. The molecule has 2 aromatic rings. The van der Waals surface area contributed by atoms with Gasteiger partial charge in [0.25, 0.3) is 0 Å². The van der Waals surface area contributed by atoms with Crippen LogP contribution in [0.2, 0.25) is 0 Å². The SMILES string of the molecule is COc1ccccc1CC(NC(C)C)c1ccc(F)cn1. The lowest BCUT2D eigenvalue weighted by Gasteiger charge is -2.22. The third-order valence-electron chi connectivity index (χ3n) is 3.26. The van der Waals surface area contributed by atoms with Crippen LogP contribution in [0.15, 0.2) is 42.6 Å². The number of ether oxygens (including phenoxy) is 1. The van der Waals surface area contributed by atoms with Crippen LogP contribution in [0.4, 0.5) is 4.39 Å². The monoisotopic (exact) mass is 288 g/mol. The fourth-order valence-corrected chi connectivity index (χ4v) is 2.34. The lowest BCUT2D eigenvalue weighted by Crippen LogP contribution is -2.30. The van der Waals surface area contributed by atoms with Crippen LogP contribution in [0, 0.1) is 5.82 Å². The quantitative estimate of drug-likeness (QED) is 0.883. The van der Waals surface area contributed by atoms with Crippen molar-refractivity contribution in [3.63, 3.8) is 0 Å². The van der Waals surface area contributed by atoms with Gasteiger partial charge in [0, 0.05) is 6.04 Å². The van der Waals surface area contributed by atoms with Crippen LogP contribution in [-0.4, -0.2) is 18.1 Å². The normalized spacial score (nSPS) is 12.4. The smallest absolute Gasteiger partial charge is 0.141 e. The largest absolute Gasteiger partial charge is 0.496 e. The van der Waals surface area contributed by atoms with E-state index in [1.807, 2.05) is 24.3 Å². The van der Waals surface area contributed by atoms with Crippen molar-refractivity contribution in [1.82, 2.24) is 10.3 Å². The molecule has 112 valence electrons. The Hall–Kier alpha value is -1.94. The third kappa shape index (κ3) is 4.26. The number of pyridine rings is 1. The van der Waals surface area contributed by atoms with Crippen molar-refractivity contribution in [3.8, 4) is 5.75 Å². The van der Waals surface area contributed by atoms with Crippen molar-refractivity contribution < 1.29 is 9.13 Å². The fourth-order valence-electron chi connectivity index (χ4n) is 2.34. The first-order valence-corrected chi connectivity index (χ1v) is 7.09. The minimum atomic E-state index is -0.320. The molecule has 0 aliphatic carbocycles. The minimum absolute atomic E-state index is 0.0156. The predicted octanol–water partition coefficient (Wildman–Crippen LogP) is 3.51. The van der Waals surface area contributed by atoms with Crippen molar-refractivity contribution in [3.05, 3.63) is 59.7 Å². The first kappa shape index (κ1) is 15.4. The zero-order chi connectivity index (χ0) is 15.2. The van der Waals surface area contributed by atoms with E-state index in [-0.39, 0.29) is 11.9 Å². The Bertz CT molecular complexity index is 569. The van der Waals surface area contributed by atoms with Crippen LogP contribution in [0.5, 0.6) is 5.75 Å². The lowest BCUT2D eigenvalue weighted by molar-refractivity contribution is 0.401. The predicted molar refractivity (Wildman–Crippen MR) is 81.9 cm³/mol. The summed E-state index contributed by atoms with van der Waals surface area (Å²) in [5.74, 6) is 0.537. The second kappa shape index (κ2) is 7.18. The molecule has 3 nitrogen and oxygen atoms in total. The van der Waals surface area contributed by atoms with Crippen LogP contribution in [0.1, 0.15) is 31.1 Å². The molecule has 1 aromatic carbocycles. The first-order valence-electron chi connectivity index (χ1n) is 7.09. The van der Waals surface area contributed by atoms with Gasteiger partial charge in [-0.15, -0.1) is 0 Å². The maximum atomic E-state index is 13.1. The van der Waals surface area contributed by atoms with Gasteiger partial charge in [0.1, 0.15) is 11.6 Å². The number of nitrogens with zero attached hydrogens (tertiary/aromatic N) is 1. The van der Waals surface area contributed by atoms with Crippen LogP contribution >= 0.6 is 0 Å². The van der Waals surface area contributed by atoms with Crippen molar-refractivity contribution in [1.29, 1.82) is 0 Å². The molecule has 0 radical (unpaired) electrons. The summed E-state index contributed by atoms with van der Waals surface area (Å²) in [7, 11) is 1.67. The zero-order valence-corrected chi connectivity index (χ0v) is 12.6. The minimum Gasteiger partial charge on any atom is -0.496 e. The number of hydrogen-bond donors (Lipinski definition) is 1. The number of methoxy groups -OCH3 is 1. The van der Waals surface area contributed by atoms with Gasteiger partial charge < -0.3 is 10.1 Å². The molecule has 0 saturated heterocycles. The highest BCUT2D eigenvalue weighted by atomic mass is 19.1. The Morgan fingerprint density at radius 2 is 1.95 bits per heavy atom. The van der Waals surface area contributed by atoms with Crippen molar-refractivity contribution >= 4 is 0 Å². The fraction of sp³-hybridized carbons (Fsp3) is 0.353. The molecule has 0 spiro atoms. The molecule has 0 amide bonds. The van der Waals surface area contributed by atoms with E-state index in [1.54, 1.807) is 13.2 Å². The van der Waals surface area contributed by atoms with Gasteiger partial charge in [-0.05, 0) is 30.2 Å². The molecule has 1 aromatic heterocycles. The first-order chi connectivity index (χ1) is 10.1. The molecule has 0 aliphatic heterocycles. The van der Waals surface area contributed by atoms with Gasteiger partial charge in [-0.1, -0.05) is 32.0 Å². The van der Waals surface area contributed by atoms with Crippen LogP contribution < -0.4 is 10.1 Å². The Morgan fingerprint density at radius 1 is 1.19 bits per heavy atom. The molecule has 0 aliphatic rings. The van der Waals surface area contributed by atoms with Gasteiger partial charge in [0.2, 0.25) is 0 Å². The molecular weight excluding hydrogens is 267 g/mol. The highest BCUT2D eigenvalue weighted by Crippen LogP contribution is 2.24. The number of rotatable bonds is 6. The summed E-state index contributed by atoms with van der Waals surface area (Å²) >= 11 is 0. The summed E-state index contributed by atoms with van der Waals surface area (Å²) < 4.78 is 18.5. The molecule has 1 atom stereocenters. The Labute approximate surface area is 125 Å². The van der Waals surface area contributed by atoms with Gasteiger partial charge in [0.15, 0.2) is 0 Å². The van der Waals surface area contributed by atoms with Gasteiger partial charge in [0.05, 0.1) is 25.0 Å². The number of nitrogens with one attached hydrogen (secondary N) is 1. The molecule has 2 rings (SSSR count). The maximum absolute atomic E-state index is 13.1. The lowest BCUT2D eigenvalue weighted by atomic mass is 10.0. The summed E-state index contributed by atoms with van der Waals surface area (Å²) in [6.45, 7) is 4.16. The molecule has 4 heteroatoms. The maximum Gasteiger partial charge on any atom is 0.141 e. The molecule has 1 heterocycles. The molecule has 0 bridgehead atoms. The van der Waals surface area contributed by atoms with Gasteiger partial charge in [-0.3, -0.25) is 4.98 Å². The van der Waals surface area contributed by atoms with Crippen molar-refractivity contribution in [2.24, 2.45) is 0 Å². The van der Waals surface area contributed by atoms with E-state index in [2.05, 4.69) is 24.1 Å². The second-order valence-electron chi connectivity index (χ2n) is 5.29. The average Bonchev–Trinajstić information content (AvgIpc) is 2.47. The standard InChI is InChI=1S/C17H21FN2O/c1-12(2)20-16(15-9-8-14(18)11-19-15)10-13-6-4-5-7-17(13)21-3/h4-9,11-12,16,20H,10H2,1-3H3. The summed E-state index contributed by atoms with van der Waals surface area (Å²) in [5.41, 5.74) is 1.93. The molecular formula is C17H21FN2O. The summed E-state index contributed by atoms with van der Waals surface area (Å²) in [4.78, 5) is 4.21. The van der Waals surface area contributed by atoms with E-state index in [1.165, 1.54) is 12.3 Å². The summed E-state index contributed by atoms with van der Waals surface area (Å²) in [6.07, 6.45) is 1.99. The van der Waals surface area contributed by atoms with Gasteiger partial charge >= 0.3 is 0 Å². The van der Waals surface area contributed by atoms with Gasteiger partial charge in [-0.25, -0.2) is 4.39 Å². The summed E-state index contributed by atoms with van der Waals surface area (Å²) in [6, 6.07) is 11.4. The third-order valence-corrected chi connectivity index (χ3v) is 3.26. The Morgan fingerprint density at radius 3 is 2.57 bits per heavy atom. The van der Waals surface area contributed by atoms with E-state index in [0.29, 0.717) is 6.04 Å². The molecule has 0 saturated carbocycles. The van der Waals surface area contributed by atoms with Crippen LogP contribution in [0.25, 0.3) is 0 Å². The van der Waals surface area contributed by atoms with E-state index < -0.39 is 0 Å². The molecule has 0 fully saturated rings. The van der Waals surface area contributed by atoms with Gasteiger partial charge in [-0.2, -0.15) is 0 Å². The van der Waals surface area contributed by atoms with Crippen molar-refractivity contribution in [2.45, 2.75) is 32.4 Å².